The number of aldehydes is 1. The van der Waals surface area contributed by atoms with Crippen LogP contribution in [-0.4, -0.2) is 17.9 Å². The molecule has 0 radical (unpaired) electrons. The van der Waals surface area contributed by atoms with Crippen LogP contribution >= 0.6 is 0 Å². The molecule has 3 nitrogen and oxygen atoms in total. The molecule has 1 aromatic carbocycles. The van der Waals surface area contributed by atoms with E-state index in [-0.39, 0.29) is 0 Å². The van der Waals surface area contributed by atoms with Crippen molar-refractivity contribution in [1.29, 1.82) is 0 Å². The van der Waals surface area contributed by atoms with Crippen LogP contribution in [0.4, 0.5) is 0 Å². The molecule has 3 heteroatoms. The van der Waals surface area contributed by atoms with Gasteiger partial charge in [-0.1, -0.05) is 70.2 Å². The predicted octanol–water partition coefficient (Wildman–Crippen LogP) is 6.93. The highest BCUT2D eigenvalue weighted by Gasteiger charge is 2.23. The van der Waals surface area contributed by atoms with Gasteiger partial charge in [-0.05, 0) is 68.4 Å². The van der Waals surface area contributed by atoms with Crippen molar-refractivity contribution in [1.82, 2.24) is 0 Å². The Labute approximate surface area is 190 Å². The predicted molar refractivity (Wildman–Crippen MR) is 129 cm³/mol. The number of Topliss-reactive ketones (excluding diaryl/α,β-unsaturated/α-hetero) is 2. The number of hydrogen-bond acceptors (Lipinski definition) is 3. The molecule has 3 rings (SSSR count). The molecule has 4 unspecified atom stereocenters. The van der Waals surface area contributed by atoms with Crippen LogP contribution in [-0.2, 0) is 20.8 Å². The Bertz CT molecular complexity index is 679. The van der Waals surface area contributed by atoms with Crippen molar-refractivity contribution in [3.8, 4) is 0 Å². The first-order valence-electron chi connectivity index (χ1n) is 12.2. The third kappa shape index (κ3) is 12.0. The maximum absolute atomic E-state index is 10.8. The number of aryl methyl sites for hydroxylation is 1. The van der Waals surface area contributed by atoms with Gasteiger partial charge in [0, 0.05) is 19.3 Å². The first-order chi connectivity index (χ1) is 14.7. The third-order valence-corrected chi connectivity index (χ3v) is 6.77. The highest BCUT2D eigenvalue weighted by Crippen LogP contribution is 2.33. The molecule has 1 aromatic rings. The standard InChI is InChI=1S/C10H18O.C9H16O.C9H10O/c1-8-4-3-5-10(6-8)7-9(2)11;1-7-4-3-5-9(7)6-8(2)10;1-8-4-2-3-5-9(8)6-7-10/h8,10H,3-7H2,1-2H3;7,9H,3-6H2,1-2H3;2-5,7H,6H2,1H3. The summed E-state index contributed by atoms with van der Waals surface area (Å²) in [6.07, 6.45) is 12.3. The molecule has 2 saturated carbocycles. The lowest BCUT2D eigenvalue weighted by molar-refractivity contribution is -0.119. The lowest BCUT2D eigenvalue weighted by Crippen LogP contribution is -2.15. The van der Waals surface area contributed by atoms with Gasteiger partial charge >= 0.3 is 0 Å². The average molecular weight is 429 g/mol. The van der Waals surface area contributed by atoms with Crippen molar-refractivity contribution in [2.75, 3.05) is 0 Å². The summed E-state index contributed by atoms with van der Waals surface area (Å²) in [6.45, 7) is 9.98. The average Bonchev–Trinajstić information content (AvgIpc) is 3.08. The Morgan fingerprint density at radius 3 is 2.10 bits per heavy atom. The summed E-state index contributed by atoms with van der Waals surface area (Å²) in [4.78, 5) is 31.7. The van der Waals surface area contributed by atoms with E-state index in [2.05, 4.69) is 13.8 Å². The fraction of sp³-hybridized carbons (Fsp3) is 0.679. The molecule has 0 saturated heterocycles. The van der Waals surface area contributed by atoms with Gasteiger partial charge < -0.3 is 14.4 Å². The van der Waals surface area contributed by atoms with E-state index < -0.39 is 0 Å². The summed E-state index contributed by atoms with van der Waals surface area (Å²) in [7, 11) is 0. The summed E-state index contributed by atoms with van der Waals surface area (Å²) < 4.78 is 0. The molecule has 4 atom stereocenters. The lowest BCUT2D eigenvalue weighted by Gasteiger charge is -2.25. The van der Waals surface area contributed by atoms with Crippen molar-refractivity contribution >= 4 is 17.9 Å². The fourth-order valence-corrected chi connectivity index (χ4v) is 4.98. The number of rotatable bonds is 6. The van der Waals surface area contributed by atoms with Crippen molar-refractivity contribution in [3.63, 3.8) is 0 Å². The first-order valence-corrected chi connectivity index (χ1v) is 12.2. The molecule has 31 heavy (non-hydrogen) atoms. The van der Waals surface area contributed by atoms with Crippen LogP contribution in [0.25, 0.3) is 0 Å². The Hall–Kier alpha value is -1.77. The van der Waals surface area contributed by atoms with E-state index in [0.717, 1.165) is 36.5 Å². The molecule has 2 aliphatic rings. The van der Waals surface area contributed by atoms with E-state index in [0.29, 0.717) is 29.8 Å². The molecular weight excluding hydrogens is 384 g/mol. The van der Waals surface area contributed by atoms with Crippen molar-refractivity contribution < 1.29 is 14.4 Å². The van der Waals surface area contributed by atoms with E-state index in [1.165, 1.54) is 50.5 Å². The summed E-state index contributed by atoms with van der Waals surface area (Å²) in [5.41, 5.74) is 2.31. The number of carbonyl (C=O) groups excluding carboxylic acids is 3. The van der Waals surface area contributed by atoms with Crippen molar-refractivity contribution in [3.05, 3.63) is 35.4 Å². The lowest BCUT2D eigenvalue weighted by atomic mass is 9.80. The highest BCUT2D eigenvalue weighted by atomic mass is 16.1. The van der Waals surface area contributed by atoms with E-state index >= 15 is 0 Å². The van der Waals surface area contributed by atoms with Gasteiger partial charge in [0.05, 0.1) is 0 Å². The SMILES string of the molecule is CC(=O)CC1CCCC(C)C1.CC(=O)CC1CCCC1C.Cc1ccccc1CC=O. The van der Waals surface area contributed by atoms with Gasteiger partial charge in [0.2, 0.25) is 0 Å². The summed E-state index contributed by atoms with van der Waals surface area (Å²) in [6, 6.07) is 7.91. The summed E-state index contributed by atoms with van der Waals surface area (Å²) >= 11 is 0. The normalized spacial score (nSPS) is 24.8. The second kappa shape index (κ2) is 15.1. The maximum atomic E-state index is 10.8. The minimum Gasteiger partial charge on any atom is -0.303 e. The summed E-state index contributed by atoms with van der Waals surface area (Å²) in [5.74, 6) is 3.79. The molecule has 0 bridgehead atoms. The van der Waals surface area contributed by atoms with Gasteiger partial charge in [-0.25, -0.2) is 0 Å². The third-order valence-electron chi connectivity index (χ3n) is 6.77. The minimum absolute atomic E-state index is 0.360. The van der Waals surface area contributed by atoms with Gasteiger partial charge in [0.1, 0.15) is 17.9 Å². The zero-order valence-corrected chi connectivity index (χ0v) is 20.5. The van der Waals surface area contributed by atoms with Crippen molar-refractivity contribution in [2.24, 2.45) is 23.7 Å². The minimum atomic E-state index is 0.360. The monoisotopic (exact) mass is 428 g/mol. The molecule has 0 aromatic heterocycles. The second-order valence-corrected chi connectivity index (χ2v) is 9.92. The Balaban J connectivity index is 0.000000233. The van der Waals surface area contributed by atoms with E-state index in [9.17, 15) is 14.4 Å². The molecule has 2 aliphatic carbocycles. The number of carbonyl (C=O) groups is 3. The number of benzene rings is 1. The number of ketones is 2. The Morgan fingerprint density at radius 1 is 0.935 bits per heavy atom. The van der Waals surface area contributed by atoms with Crippen LogP contribution in [0.5, 0.6) is 0 Å². The molecule has 0 spiro atoms. The van der Waals surface area contributed by atoms with Gasteiger partial charge in [-0.3, -0.25) is 0 Å². The molecule has 0 aliphatic heterocycles. The summed E-state index contributed by atoms with van der Waals surface area (Å²) in [5, 5.41) is 0. The van der Waals surface area contributed by atoms with Crippen LogP contribution in [0.2, 0.25) is 0 Å². The quantitative estimate of drug-likeness (QED) is 0.462. The van der Waals surface area contributed by atoms with Crippen molar-refractivity contribution in [2.45, 2.75) is 98.8 Å². The van der Waals surface area contributed by atoms with Gasteiger partial charge in [-0.15, -0.1) is 0 Å². The Morgan fingerprint density at radius 2 is 1.58 bits per heavy atom. The van der Waals surface area contributed by atoms with Gasteiger partial charge in [0.15, 0.2) is 0 Å². The largest absolute Gasteiger partial charge is 0.303 e. The van der Waals surface area contributed by atoms with Crippen LogP contribution in [0.1, 0.15) is 96.6 Å². The smallest absolute Gasteiger partial charge is 0.130 e. The van der Waals surface area contributed by atoms with Crippen LogP contribution in [0.15, 0.2) is 24.3 Å². The second-order valence-electron chi connectivity index (χ2n) is 9.92. The van der Waals surface area contributed by atoms with E-state index in [1.54, 1.807) is 13.8 Å². The van der Waals surface area contributed by atoms with Gasteiger partial charge in [-0.2, -0.15) is 0 Å². The Kier molecular flexibility index (Phi) is 13.3. The molecule has 0 heterocycles. The van der Waals surface area contributed by atoms with Crippen LogP contribution in [0.3, 0.4) is 0 Å². The fourth-order valence-electron chi connectivity index (χ4n) is 4.98. The zero-order chi connectivity index (χ0) is 23.2. The number of hydrogen-bond donors (Lipinski definition) is 0. The molecule has 2 fully saturated rings. The van der Waals surface area contributed by atoms with E-state index in [4.69, 9.17) is 0 Å². The molecular formula is C28H44O3. The van der Waals surface area contributed by atoms with Crippen LogP contribution < -0.4 is 0 Å². The van der Waals surface area contributed by atoms with E-state index in [1.807, 2.05) is 31.2 Å². The molecule has 174 valence electrons. The molecule has 0 amide bonds. The maximum Gasteiger partial charge on any atom is 0.130 e. The molecule has 0 N–H and O–H groups in total. The first kappa shape index (κ1) is 27.3. The highest BCUT2D eigenvalue weighted by molar-refractivity contribution is 5.76. The van der Waals surface area contributed by atoms with Crippen LogP contribution in [0, 0.1) is 30.6 Å². The zero-order valence-electron chi connectivity index (χ0n) is 20.5. The topological polar surface area (TPSA) is 51.2 Å². The van der Waals surface area contributed by atoms with Gasteiger partial charge in [0.25, 0.3) is 0 Å².